The standard InChI is InChI=1S/C35H39N6O11P/c1-5-14-46-33(42)26(40-34(43)47-15-24-22-12-8-6-10-20(22)21-11-7-9-13-23(21)24)19(2)52-53(44,45)48-16-25-28-29(51-35(3,4)50-28)32(49-25)41-18-39-27-30(36)37-17-38-31(27)41/h5-13,17-19,24-26,28-29,32H,1,14-16H2,2-4H3,(H,40,43)(H,44,45)(H2,36,37,38)/t19-,25-,26+,28-,29-,32-/m1/s1. The number of fused-ring (bicyclic) bond motifs is 5. The molecule has 2 aliphatic heterocycles. The number of amides is 1. The van der Waals surface area contributed by atoms with Crippen molar-refractivity contribution in [3.63, 3.8) is 0 Å². The molecule has 280 valence electrons. The lowest BCUT2D eigenvalue weighted by molar-refractivity contribution is -0.199. The number of nitrogens with one attached hydrogen (secondary N) is 1. The number of ether oxygens (including phenoxy) is 5. The number of phosphoric ester groups is 1. The molecule has 2 aromatic carbocycles. The Morgan fingerprint density at radius 2 is 1.74 bits per heavy atom. The molecule has 0 spiro atoms. The van der Waals surface area contributed by atoms with Crippen molar-refractivity contribution in [1.29, 1.82) is 0 Å². The van der Waals surface area contributed by atoms with Crippen LogP contribution in [0.15, 0.2) is 73.8 Å². The van der Waals surface area contributed by atoms with Crippen LogP contribution in [0.1, 0.15) is 44.0 Å². The van der Waals surface area contributed by atoms with Gasteiger partial charge in [-0.2, -0.15) is 0 Å². The van der Waals surface area contributed by atoms with Crippen molar-refractivity contribution in [1.82, 2.24) is 24.8 Å². The van der Waals surface area contributed by atoms with Gasteiger partial charge in [0.25, 0.3) is 0 Å². The van der Waals surface area contributed by atoms with E-state index >= 15 is 0 Å². The zero-order valence-electron chi connectivity index (χ0n) is 29.1. The maximum atomic E-state index is 13.3. The fourth-order valence-electron chi connectivity index (χ4n) is 6.91. The number of phosphoric acid groups is 1. The number of nitrogens with zero attached hydrogens (tertiary/aromatic N) is 4. The largest absolute Gasteiger partial charge is 0.472 e. The van der Waals surface area contributed by atoms with Crippen LogP contribution in [-0.4, -0.2) is 92.5 Å². The summed E-state index contributed by atoms with van der Waals surface area (Å²) in [5.41, 5.74) is 10.8. The number of nitrogen functional groups attached to an aromatic ring is 1. The summed E-state index contributed by atoms with van der Waals surface area (Å²) in [5.74, 6) is -2.03. The summed E-state index contributed by atoms with van der Waals surface area (Å²) in [5, 5.41) is 2.42. The van der Waals surface area contributed by atoms with Gasteiger partial charge in [0.05, 0.1) is 19.0 Å². The first kappa shape index (κ1) is 36.6. The van der Waals surface area contributed by atoms with Crippen LogP contribution in [0, 0.1) is 0 Å². The number of nitrogens with two attached hydrogens (primary N) is 1. The lowest BCUT2D eigenvalue weighted by atomic mass is 9.98. The van der Waals surface area contributed by atoms with Gasteiger partial charge in [0, 0.05) is 5.92 Å². The number of anilines is 1. The molecular weight excluding hydrogens is 711 g/mol. The highest BCUT2D eigenvalue weighted by Crippen LogP contribution is 2.49. The van der Waals surface area contributed by atoms with Gasteiger partial charge in [0.2, 0.25) is 0 Å². The number of hydrogen-bond acceptors (Lipinski definition) is 14. The summed E-state index contributed by atoms with van der Waals surface area (Å²) in [6, 6.07) is 14.1. The molecule has 2 aromatic heterocycles. The predicted octanol–water partition coefficient (Wildman–Crippen LogP) is 3.98. The first-order valence-corrected chi connectivity index (χ1v) is 18.3. The van der Waals surface area contributed by atoms with Crippen LogP contribution in [0.5, 0.6) is 0 Å². The van der Waals surface area contributed by atoms with Crippen LogP contribution >= 0.6 is 7.82 Å². The Morgan fingerprint density at radius 1 is 1.06 bits per heavy atom. The van der Waals surface area contributed by atoms with Crippen molar-refractivity contribution in [2.45, 2.75) is 69.2 Å². The third kappa shape index (κ3) is 7.42. The normalized spacial score (nSPS) is 23.7. The summed E-state index contributed by atoms with van der Waals surface area (Å²) < 4.78 is 54.8. The number of imidazole rings is 1. The van der Waals surface area contributed by atoms with E-state index in [2.05, 4.69) is 26.8 Å². The Labute approximate surface area is 304 Å². The zero-order chi connectivity index (χ0) is 37.5. The summed E-state index contributed by atoms with van der Waals surface area (Å²) in [7, 11) is -4.92. The van der Waals surface area contributed by atoms with Gasteiger partial charge in [0.15, 0.2) is 29.5 Å². The van der Waals surface area contributed by atoms with Gasteiger partial charge in [-0.3, -0.25) is 13.6 Å². The maximum Gasteiger partial charge on any atom is 0.472 e. The fraction of sp³-hybridized carbons (Fsp3) is 0.400. The molecule has 53 heavy (non-hydrogen) atoms. The van der Waals surface area contributed by atoms with Gasteiger partial charge in [-0.05, 0) is 43.0 Å². The number of carbonyl (C=O) groups is 2. The fourth-order valence-corrected chi connectivity index (χ4v) is 7.85. The molecule has 7 rings (SSSR count). The summed E-state index contributed by atoms with van der Waals surface area (Å²) >= 11 is 0. The van der Waals surface area contributed by atoms with Gasteiger partial charge in [0.1, 0.15) is 43.4 Å². The first-order chi connectivity index (χ1) is 25.4. The van der Waals surface area contributed by atoms with Gasteiger partial charge in [-0.25, -0.2) is 29.1 Å². The van der Waals surface area contributed by atoms with Crippen molar-refractivity contribution < 1.29 is 51.8 Å². The van der Waals surface area contributed by atoms with E-state index < -0.39 is 69.0 Å². The number of esters is 1. The molecule has 1 unspecified atom stereocenters. The number of hydrogen-bond donors (Lipinski definition) is 3. The minimum Gasteiger partial charge on any atom is -0.460 e. The van der Waals surface area contributed by atoms with Gasteiger partial charge in [-0.1, -0.05) is 61.2 Å². The van der Waals surface area contributed by atoms with Gasteiger partial charge in [-0.15, -0.1) is 0 Å². The van der Waals surface area contributed by atoms with Gasteiger partial charge < -0.3 is 39.6 Å². The van der Waals surface area contributed by atoms with Crippen molar-refractivity contribution >= 4 is 36.9 Å². The van der Waals surface area contributed by atoms with E-state index in [1.54, 1.807) is 18.4 Å². The monoisotopic (exact) mass is 750 g/mol. The smallest absolute Gasteiger partial charge is 0.460 e. The molecule has 4 heterocycles. The average Bonchev–Trinajstić information content (AvgIpc) is 3.87. The summed E-state index contributed by atoms with van der Waals surface area (Å²) in [4.78, 5) is 49.5. The predicted molar refractivity (Wildman–Crippen MR) is 187 cm³/mol. The molecular formula is C35H39N6O11P. The average molecular weight is 751 g/mol. The molecule has 0 radical (unpaired) electrons. The molecule has 2 saturated heterocycles. The van der Waals surface area contributed by atoms with Crippen LogP contribution in [-0.2, 0) is 42.1 Å². The second kappa shape index (κ2) is 14.6. The number of alkyl carbamates (subject to hydrolysis) is 1. The molecule has 0 saturated carbocycles. The van der Waals surface area contributed by atoms with E-state index in [1.165, 1.54) is 25.7 Å². The quantitative estimate of drug-likeness (QED) is 0.100. The van der Waals surface area contributed by atoms with Gasteiger partial charge >= 0.3 is 19.9 Å². The van der Waals surface area contributed by atoms with E-state index in [4.69, 9.17) is 38.5 Å². The van der Waals surface area contributed by atoms with Crippen LogP contribution in [0.4, 0.5) is 10.6 Å². The third-order valence-electron chi connectivity index (χ3n) is 9.17. The maximum absolute atomic E-state index is 13.3. The Balaban J connectivity index is 1.01. The Hall–Kier alpha value is -4.74. The highest BCUT2D eigenvalue weighted by atomic mass is 31.2. The first-order valence-electron chi connectivity index (χ1n) is 16.8. The molecule has 2 fully saturated rings. The lowest BCUT2D eigenvalue weighted by Crippen LogP contribution is -2.49. The lowest BCUT2D eigenvalue weighted by Gasteiger charge is -2.27. The van der Waals surface area contributed by atoms with E-state index in [9.17, 15) is 19.0 Å². The van der Waals surface area contributed by atoms with Crippen molar-refractivity contribution in [2.24, 2.45) is 0 Å². The van der Waals surface area contributed by atoms with Crippen molar-refractivity contribution in [3.05, 3.63) is 85.0 Å². The highest BCUT2D eigenvalue weighted by molar-refractivity contribution is 7.47. The van der Waals surface area contributed by atoms with E-state index in [0.717, 1.165) is 22.3 Å². The molecule has 4 N–H and O–H groups in total. The summed E-state index contributed by atoms with van der Waals surface area (Å²) in [6.45, 7) is 7.59. The summed E-state index contributed by atoms with van der Waals surface area (Å²) in [6.07, 6.45) is -1.45. The third-order valence-corrected chi connectivity index (χ3v) is 10.2. The molecule has 4 aromatic rings. The Morgan fingerprint density at radius 3 is 2.43 bits per heavy atom. The van der Waals surface area contributed by atoms with E-state index in [-0.39, 0.29) is 24.9 Å². The minimum atomic E-state index is -4.92. The molecule has 7 atom stereocenters. The number of aromatic nitrogens is 4. The number of benzene rings is 2. The van der Waals surface area contributed by atoms with Crippen molar-refractivity contribution in [2.75, 3.05) is 25.6 Å². The molecule has 17 nitrogen and oxygen atoms in total. The zero-order valence-corrected chi connectivity index (χ0v) is 30.0. The topological polar surface area (TPSA) is 218 Å². The highest BCUT2D eigenvalue weighted by Gasteiger charge is 2.56. The van der Waals surface area contributed by atoms with Crippen LogP contribution < -0.4 is 11.1 Å². The SMILES string of the molecule is C=CCOC(=O)[C@@H](NC(=O)OCC1c2ccccc2-c2ccccc21)[C@@H](C)OP(=O)(O)OC[C@H]1O[C@@H](n2cnc3c(N)ncnc32)[C@@H]2OC(C)(C)O[C@@H]21. The molecule has 1 aliphatic carbocycles. The van der Waals surface area contributed by atoms with E-state index in [1.807, 2.05) is 48.5 Å². The Kier molecular flexibility index (Phi) is 10.1. The van der Waals surface area contributed by atoms with Crippen LogP contribution in [0.25, 0.3) is 22.3 Å². The number of carbonyl (C=O) groups excluding carboxylic acids is 2. The van der Waals surface area contributed by atoms with E-state index in [0.29, 0.717) is 11.2 Å². The van der Waals surface area contributed by atoms with Crippen molar-refractivity contribution in [3.8, 4) is 11.1 Å². The molecule has 0 bridgehead atoms. The second-order valence-corrected chi connectivity index (χ2v) is 14.6. The van der Waals surface area contributed by atoms with Crippen LogP contribution in [0.3, 0.4) is 0 Å². The minimum absolute atomic E-state index is 0.0343. The molecule has 18 heteroatoms. The Bertz CT molecular complexity index is 2030. The van der Waals surface area contributed by atoms with Crippen LogP contribution in [0.2, 0.25) is 0 Å². The number of rotatable bonds is 13. The second-order valence-electron chi connectivity index (χ2n) is 13.2. The molecule has 1 amide bonds. The molecule has 3 aliphatic rings.